The number of piperazine rings is 1. The lowest BCUT2D eigenvalue weighted by atomic mass is 10.0. The van der Waals surface area contributed by atoms with Crippen molar-refractivity contribution in [2.24, 2.45) is 0 Å². The van der Waals surface area contributed by atoms with E-state index in [0.29, 0.717) is 0 Å². The topological polar surface area (TPSA) is 9.72 Å². The summed E-state index contributed by atoms with van der Waals surface area (Å²) in [6.45, 7) is 6.80. The Hall–Kier alpha value is -2.00. The van der Waals surface area contributed by atoms with E-state index in [0.717, 1.165) is 32.7 Å². The van der Waals surface area contributed by atoms with Crippen molar-refractivity contribution in [1.82, 2.24) is 4.90 Å². The number of fused-ring (bicyclic) bond motifs is 1. The minimum atomic E-state index is 1.07. The number of benzene rings is 2. The fourth-order valence-corrected chi connectivity index (χ4v) is 3.97. The smallest absolute Gasteiger partial charge is 0.0397 e. The molecule has 0 aromatic heterocycles. The zero-order valence-electron chi connectivity index (χ0n) is 14.6. The molecule has 3 nitrogen and oxygen atoms in total. The molecular formula is C21H27N3. The van der Waals surface area contributed by atoms with Crippen LogP contribution in [0.3, 0.4) is 0 Å². The second-order valence-electron chi connectivity index (χ2n) is 7.09. The van der Waals surface area contributed by atoms with Crippen LogP contribution in [0.2, 0.25) is 0 Å². The monoisotopic (exact) mass is 321 g/mol. The van der Waals surface area contributed by atoms with E-state index < -0.39 is 0 Å². The quantitative estimate of drug-likeness (QED) is 0.858. The van der Waals surface area contributed by atoms with Gasteiger partial charge in [-0.15, -0.1) is 0 Å². The molecule has 0 amide bonds. The summed E-state index contributed by atoms with van der Waals surface area (Å²) in [4.78, 5) is 7.51. The first-order valence-corrected chi connectivity index (χ1v) is 9.15. The van der Waals surface area contributed by atoms with Crippen LogP contribution in [-0.4, -0.2) is 44.7 Å². The first-order valence-electron chi connectivity index (χ1n) is 9.15. The van der Waals surface area contributed by atoms with Crippen molar-refractivity contribution < 1.29 is 0 Å². The van der Waals surface area contributed by atoms with Gasteiger partial charge < -0.3 is 9.80 Å². The number of nitrogens with zero attached hydrogens (tertiary/aromatic N) is 3. The van der Waals surface area contributed by atoms with Gasteiger partial charge in [0.25, 0.3) is 0 Å². The largest absolute Gasteiger partial charge is 0.374 e. The van der Waals surface area contributed by atoms with Crippen LogP contribution >= 0.6 is 0 Å². The van der Waals surface area contributed by atoms with E-state index in [1.807, 2.05) is 0 Å². The third-order valence-electron chi connectivity index (χ3n) is 5.40. The molecule has 0 saturated carbocycles. The summed E-state index contributed by atoms with van der Waals surface area (Å²) in [5, 5.41) is 0. The van der Waals surface area contributed by atoms with E-state index in [2.05, 4.69) is 70.3 Å². The zero-order valence-corrected chi connectivity index (χ0v) is 14.6. The van der Waals surface area contributed by atoms with Crippen LogP contribution in [0, 0.1) is 0 Å². The summed E-state index contributed by atoms with van der Waals surface area (Å²) in [6, 6.07) is 17.9. The van der Waals surface area contributed by atoms with Gasteiger partial charge in [0, 0.05) is 57.7 Å². The van der Waals surface area contributed by atoms with Gasteiger partial charge in [-0.1, -0.05) is 30.3 Å². The fraction of sp³-hybridized carbons (Fsp3) is 0.429. The van der Waals surface area contributed by atoms with Crippen molar-refractivity contribution in [3.8, 4) is 0 Å². The summed E-state index contributed by atoms with van der Waals surface area (Å²) >= 11 is 0. The van der Waals surface area contributed by atoms with Gasteiger partial charge in [0.1, 0.15) is 0 Å². The minimum Gasteiger partial charge on any atom is -0.374 e. The SMILES string of the molecule is CN1CCCc2cc(N3CCN(Cc4ccccc4)CC3)ccc21. The van der Waals surface area contributed by atoms with Crippen molar-refractivity contribution in [1.29, 1.82) is 0 Å². The van der Waals surface area contributed by atoms with Crippen LogP contribution in [-0.2, 0) is 13.0 Å². The molecule has 2 heterocycles. The van der Waals surface area contributed by atoms with Gasteiger partial charge in [-0.25, -0.2) is 0 Å². The molecule has 2 aliphatic heterocycles. The van der Waals surface area contributed by atoms with Gasteiger partial charge in [-0.3, -0.25) is 4.90 Å². The maximum Gasteiger partial charge on any atom is 0.0397 e. The van der Waals surface area contributed by atoms with E-state index in [4.69, 9.17) is 0 Å². The first kappa shape index (κ1) is 15.5. The molecule has 0 radical (unpaired) electrons. The average molecular weight is 321 g/mol. The first-order chi connectivity index (χ1) is 11.8. The molecule has 0 atom stereocenters. The van der Waals surface area contributed by atoms with Crippen molar-refractivity contribution in [3.05, 3.63) is 59.7 Å². The number of hydrogen-bond donors (Lipinski definition) is 0. The number of aryl methyl sites for hydroxylation is 1. The number of hydrogen-bond acceptors (Lipinski definition) is 3. The maximum atomic E-state index is 2.57. The summed E-state index contributed by atoms with van der Waals surface area (Å²) in [5.41, 5.74) is 5.77. The molecule has 0 bridgehead atoms. The standard InChI is InChI=1S/C21H27N3/c1-22-11-5-8-19-16-20(9-10-21(19)22)24-14-12-23(13-15-24)17-18-6-3-2-4-7-18/h2-4,6-7,9-10,16H,5,8,11-15,17H2,1H3. The Kier molecular flexibility index (Phi) is 4.44. The van der Waals surface area contributed by atoms with Gasteiger partial charge >= 0.3 is 0 Å². The third-order valence-corrected chi connectivity index (χ3v) is 5.40. The van der Waals surface area contributed by atoms with Gasteiger partial charge in [-0.2, -0.15) is 0 Å². The number of anilines is 2. The Morgan fingerprint density at radius 3 is 2.46 bits per heavy atom. The van der Waals surface area contributed by atoms with Gasteiger partial charge in [-0.05, 0) is 42.2 Å². The minimum absolute atomic E-state index is 1.07. The molecule has 2 aliphatic rings. The zero-order chi connectivity index (χ0) is 16.4. The molecule has 2 aromatic carbocycles. The molecule has 4 rings (SSSR count). The molecule has 126 valence electrons. The van der Waals surface area contributed by atoms with Crippen LogP contribution in [0.4, 0.5) is 11.4 Å². The molecule has 2 aromatic rings. The van der Waals surface area contributed by atoms with Crippen LogP contribution < -0.4 is 9.80 Å². The molecule has 0 N–H and O–H groups in total. The van der Waals surface area contributed by atoms with Crippen molar-refractivity contribution in [2.75, 3.05) is 49.6 Å². The van der Waals surface area contributed by atoms with Crippen molar-refractivity contribution in [2.45, 2.75) is 19.4 Å². The second kappa shape index (κ2) is 6.86. The summed E-state index contributed by atoms with van der Waals surface area (Å²) in [7, 11) is 2.21. The highest BCUT2D eigenvalue weighted by atomic mass is 15.3. The van der Waals surface area contributed by atoms with E-state index in [9.17, 15) is 0 Å². The predicted molar refractivity (Wildman–Crippen MR) is 102 cm³/mol. The van der Waals surface area contributed by atoms with Crippen LogP contribution in [0.5, 0.6) is 0 Å². The van der Waals surface area contributed by atoms with Crippen molar-refractivity contribution in [3.63, 3.8) is 0 Å². The van der Waals surface area contributed by atoms with Crippen LogP contribution in [0.15, 0.2) is 48.5 Å². The summed E-state index contributed by atoms with van der Waals surface area (Å²) < 4.78 is 0. The number of rotatable bonds is 3. The Labute approximate surface area is 145 Å². The highest BCUT2D eigenvalue weighted by Crippen LogP contribution is 2.30. The van der Waals surface area contributed by atoms with Crippen LogP contribution in [0.1, 0.15) is 17.5 Å². The molecule has 1 fully saturated rings. The summed E-state index contributed by atoms with van der Waals surface area (Å²) in [6.07, 6.45) is 2.50. The van der Waals surface area contributed by atoms with E-state index in [1.54, 1.807) is 0 Å². The molecule has 0 aliphatic carbocycles. The van der Waals surface area contributed by atoms with E-state index in [1.165, 1.54) is 41.9 Å². The highest BCUT2D eigenvalue weighted by molar-refractivity contribution is 5.63. The second-order valence-corrected chi connectivity index (χ2v) is 7.09. The Morgan fingerprint density at radius 1 is 0.875 bits per heavy atom. The lowest BCUT2D eigenvalue weighted by Gasteiger charge is -2.37. The molecule has 3 heteroatoms. The molecule has 24 heavy (non-hydrogen) atoms. The Balaban J connectivity index is 1.39. The molecule has 0 unspecified atom stereocenters. The Bertz CT molecular complexity index is 675. The highest BCUT2D eigenvalue weighted by Gasteiger charge is 2.19. The molecule has 0 spiro atoms. The van der Waals surface area contributed by atoms with E-state index in [-0.39, 0.29) is 0 Å². The van der Waals surface area contributed by atoms with Crippen molar-refractivity contribution >= 4 is 11.4 Å². The molecule has 1 saturated heterocycles. The predicted octanol–water partition coefficient (Wildman–Crippen LogP) is 3.39. The van der Waals surface area contributed by atoms with Gasteiger partial charge in [0.05, 0.1) is 0 Å². The fourth-order valence-electron chi connectivity index (χ4n) is 3.97. The average Bonchev–Trinajstić information content (AvgIpc) is 2.63. The van der Waals surface area contributed by atoms with Gasteiger partial charge in [0.2, 0.25) is 0 Å². The van der Waals surface area contributed by atoms with E-state index >= 15 is 0 Å². The summed E-state index contributed by atoms with van der Waals surface area (Å²) in [5.74, 6) is 0. The van der Waals surface area contributed by atoms with Crippen LogP contribution in [0.25, 0.3) is 0 Å². The molecular weight excluding hydrogens is 294 g/mol. The Morgan fingerprint density at radius 2 is 1.67 bits per heavy atom. The lowest BCUT2D eigenvalue weighted by Crippen LogP contribution is -2.46. The normalized spacial score (nSPS) is 18.5. The third kappa shape index (κ3) is 3.27. The van der Waals surface area contributed by atoms with Gasteiger partial charge in [0.15, 0.2) is 0 Å². The maximum absolute atomic E-state index is 2.57. The lowest BCUT2D eigenvalue weighted by molar-refractivity contribution is 0.250.